The van der Waals surface area contributed by atoms with Gasteiger partial charge >= 0.3 is 0 Å². The summed E-state index contributed by atoms with van der Waals surface area (Å²) in [5.74, 6) is 0.490. The van der Waals surface area contributed by atoms with E-state index in [-0.39, 0.29) is 5.91 Å². The van der Waals surface area contributed by atoms with Crippen LogP contribution in [0, 0.1) is 0 Å². The van der Waals surface area contributed by atoms with E-state index >= 15 is 0 Å². The number of amides is 1. The first-order valence-corrected chi connectivity index (χ1v) is 6.85. The van der Waals surface area contributed by atoms with Crippen molar-refractivity contribution in [1.29, 1.82) is 0 Å². The van der Waals surface area contributed by atoms with Crippen LogP contribution in [-0.2, 0) is 10.3 Å². The second kappa shape index (κ2) is 4.74. The average Bonchev–Trinajstić information content (AvgIpc) is 3.17. The number of carbonyl (C=O) groups excluding carboxylic acids is 1. The first kappa shape index (κ1) is 12.8. The summed E-state index contributed by atoms with van der Waals surface area (Å²) in [5, 5.41) is 7.42. The van der Waals surface area contributed by atoms with Crippen LogP contribution >= 0.6 is 0 Å². The monoisotopic (exact) mass is 270 g/mol. The number of hydrogen-bond donors (Lipinski definition) is 1. The van der Waals surface area contributed by atoms with Crippen molar-refractivity contribution >= 4 is 11.6 Å². The summed E-state index contributed by atoms with van der Waals surface area (Å²) in [5.41, 5.74) is 1.05. The van der Waals surface area contributed by atoms with Crippen LogP contribution in [0.5, 0.6) is 0 Å². The van der Waals surface area contributed by atoms with E-state index in [1.54, 1.807) is 23.1 Å². The molecule has 5 nitrogen and oxygen atoms in total. The van der Waals surface area contributed by atoms with Gasteiger partial charge in [0.1, 0.15) is 5.54 Å². The number of carbonyl (C=O) groups is 1. The zero-order valence-corrected chi connectivity index (χ0v) is 11.7. The Kier molecular flexibility index (Phi) is 3.04. The summed E-state index contributed by atoms with van der Waals surface area (Å²) in [7, 11) is 0. The Morgan fingerprint density at radius 2 is 2.20 bits per heavy atom. The summed E-state index contributed by atoms with van der Waals surface area (Å²) >= 11 is 0. The molecule has 0 radical (unpaired) electrons. The van der Waals surface area contributed by atoms with Crippen molar-refractivity contribution in [2.45, 2.75) is 38.1 Å². The molecule has 1 N–H and O–H groups in total. The number of aromatic nitrogens is 3. The quantitative estimate of drug-likeness (QED) is 0.928. The second-order valence-electron chi connectivity index (χ2n) is 5.71. The van der Waals surface area contributed by atoms with E-state index < -0.39 is 5.54 Å². The van der Waals surface area contributed by atoms with Crippen LogP contribution in [-0.4, -0.2) is 20.7 Å². The lowest BCUT2D eigenvalue weighted by atomic mass is 10.1. The third-order valence-corrected chi connectivity index (χ3v) is 3.65. The Labute approximate surface area is 118 Å². The Hall–Kier alpha value is -2.17. The maximum Gasteiger partial charge on any atom is 0.251 e. The van der Waals surface area contributed by atoms with Gasteiger partial charge in [-0.3, -0.25) is 14.5 Å². The van der Waals surface area contributed by atoms with Gasteiger partial charge in [-0.1, -0.05) is 0 Å². The van der Waals surface area contributed by atoms with Crippen molar-refractivity contribution in [3.8, 4) is 0 Å². The molecule has 3 rings (SSSR count). The van der Waals surface area contributed by atoms with Gasteiger partial charge in [-0.25, -0.2) is 0 Å². The average molecular weight is 270 g/mol. The van der Waals surface area contributed by atoms with Gasteiger partial charge in [-0.2, -0.15) is 5.10 Å². The van der Waals surface area contributed by atoms with Crippen LogP contribution in [0.25, 0.3) is 0 Å². The number of rotatable bonds is 4. The molecule has 0 aliphatic heterocycles. The molecule has 2 aromatic heterocycles. The number of hydrogen-bond acceptors (Lipinski definition) is 3. The highest BCUT2D eigenvalue weighted by molar-refractivity contribution is 5.95. The fourth-order valence-corrected chi connectivity index (χ4v) is 2.07. The normalized spacial score (nSPS) is 15.1. The maximum atomic E-state index is 12.4. The topological polar surface area (TPSA) is 59.8 Å². The lowest BCUT2D eigenvalue weighted by Crippen LogP contribution is -2.40. The zero-order chi connectivity index (χ0) is 14.2. The van der Waals surface area contributed by atoms with Crippen molar-refractivity contribution in [2.75, 3.05) is 5.32 Å². The van der Waals surface area contributed by atoms with Crippen LogP contribution in [0.4, 0.5) is 5.69 Å². The van der Waals surface area contributed by atoms with E-state index in [0.717, 1.165) is 5.69 Å². The van der Waals surface area contributed by atoms with Gasteiger partial charge < -0.3 is 5.32 Å². The predicted molar refractivity (Wildman–Crippen MR) is 76.4 cm³/mol. The van der Waals surface area contributed by atoms with Crippen molar-refractivity contribution in [3.63, 3.8) is 0 Å². The molecule has 0 bridgehead atoms. The molecule has 1 fully saturated rings. The number of nitrogens with zero attached hydrogens (tertiary/aromatic N) is 3. The minimum atomic E-state index is -0.733. The van der Waals surface area contributed by atoms with Crippen molar-refractivity contribution in [1.82, 2.24) is 14.8 Å². The number of nitrogens with one attached hydrogen (secondary N) is 1. The van der Waals surface area contributed by atoms with E-state index in [1.807, 2.05) is 32.2 Å². The Morgan fingerprint density at radius 3 is 2.85 bits per heavy atom. The molecule has 20 heavy (non-hydrogen) atoms. The molecular formula is C15H18N4O. The Balaban J connectivity index is 1.77. The van der Waals surface area contributed by atoms with Gasteiger partial charge in [0.15, 0.2) is 0 Å². The van der Waals surface area contributed by atoms with Crippen LogP contribution in [0.2, 0.25) is 0 Å². The molecule has 0 unspecified atom stereocenters. The van der Waals surface area contributed by atoms with Gasteiger partial charge in [0.05, 0.1) is 17.6 Å². The van der Waals surface area contributed by atoms with E-state index in [1.165, 1.54) is 12.8 Å². The number of anilines is 1. The molecule has 1 aliphatic rings. The molecule has 0 spiro atoms. The fourth-order valence-electron chi connectivity index (χ4n) is 2.07. The summed E-state index contributed by atoms with van der Waals surface area (Å²) in [4.78, 5) is 16.4. The molecule has 0 atom stereocenters. The minimum Gasteiger partial charge on any atom is -0.323 e. The highest BCUT2D eigenvalue weighted by Crippen LogP contribution is 2.39. The highest BCUT2D eigenvalue weighted by Gasteiger charge is 2.33. The molecule has 104 valence electrons. The van der Waals surface area contributed by atoms with E-state index in [4.69, 9.17) is 0 Å². The van der Waals surface area contributed by atoms with E-state index in [0.29, 0.717) is 11.6 Å². The summed E-state index contributed by atoms with van der Waals surface area (Å²) in [6.07, 6.45) is 7.61. The number of pyridine rings is 1. The van der Waals surface area contributed by atoms with Gasteiger partial charge in [0.2, 0.25) is 0 Å². The second-order valence-corrected chi connectivity index (χ2v) is 5.71. The minimum absolute atomic E-state index is 0.101. The molecule has 1 amide bonds. The van der Waals surface area contributed by atoms with Crippen molar-refractivity contribution < 1.29 is 4.79 Å². The molecule has 0 aromatic carbocycles. The van der Waals surface area contributed by atoms with Crippen LogP contribution in [0.1, 0.15) is 38.3 Å². The smallest absolute Gasteiger partial charge is 0.251 e. The molecule has 2 heterocycles. The van der Waals surface area contributed by atoms with Gasteiger partial charge in [0.25, 0.3) is 5.91 Å². The Morgan fingerprint density at radius 1 is 1.40 bits per heavy atom. The molecule has 2 aromatic rings. The summed E-state index contributed by atoms with van der Waals surface area (Å²) in [6.45, 7) is 3.73. The van der Waals surface area contributed by atoms with Gasteiger partial charge in [-0.05, 0) is 44.9 Å². The highest BCUT2D eigenvalue weighted by atomic mass is 16.2. The van der Waals surface area contributed by atoms with Crippen molar-refractivity contribution in [3.05, 3.63) is 42.5 Å². The Bertz CT molecular complexity index is 614. The summed E-state index contributed by atoms with van der Waals surface area (Å²) in [6, 6.07) is 5.62. The SMILES string of the molecule is CC(C)(C(=O)Nc1cccnc1)n1ccc(C2CC2)n1. The molecule has 0 saturated heterocycles. The first-order valence-electron chi connectivity index (χ1n) is 6.85. The molecular weight excluding hydrogens is 252 g/mol. The predicted octanol–water partition coefficient (Wildman–Crippen LogP) is 2.53. The van der Waals surface area contributed by atoms with Gasteiger partial charge in [0, 0.05) is 18.3 Å². The molecule has 1 aliphatic carbocycles. The molecule has 5 heteroatoms. The maximum absolute atomic E-state index is 12.4. The van der Waals surface area contributed by atoms with Crippen LogP contribution < -0.4 is 5.32 Å². The van der Waals surface area contributed by atoms with Crippen LogP contribution in [0.3, 0.4) is 0 Å². The summed E-state index contributed by atoms with van der Waals surface area (Å²) < 4.78 is 1.74. The first-order chi connectivity index (χ1) is 9.57. The largest absolute Gasteiger partial charge is 0.323 e. The third-order valence-electron chi connectivity index (χ3n) is 3.65. The standard InChI is InChI=1S/C15H18N4O/c1-15(2,14(20)17-12-4-3-8-16-10-12)19-9-7-13(18-19)11-5-6-11/h3-4,7-11H,5-6H2,1-2H3,(H,17,20). The van der Waals surface area contributed by atoms with Crippen LogP contribution in [0.15, 0.2) is 36.8 Å². The lowest BCUT2D eigenvalue weighted by Gasteiger charge is -2.24. The lowest BCUT2D eigenvalue weighted by molar-refractivity contribution is -0.123. The molecule has 1 saturated carbocycles. The fraction of sp³-hybridized carbons (Fsp3) is 0.400. The zero-order valence-electron chi connectivity index (χ0n) is 11.7. The van der Waals surface area contributed by atoms with E-state index in [9.17, 15) is 4.79 Å². The van der Waals surface area contributed by atoms with Crippen molar-refractivity contribution in [2.24, 2.45) is 0 Å². The van der Waals surface area contributed by atoms with Gasteiger partial charge in [-0.15, -0.1) is 0 Å². The third kappa shape index (κ3) is 2.43. The van der Waals surface area contributed by atoms with E-state index in [2.05, 4.69) is 15.4 Å².